The lowest BCUT2D eigenvalue weighted by Crippen LogP contribution is -2.44. The van der Waals surface area contributed by atoms with Gasteiger partial charge in [-0.3, -0.25) is 4.79 Å². The molecular weight excluding hydrogens is 280 g/mol. The largest absolute Gasteiger partial charge is 0.509 e. The summed E-state index contributed by atoms with van der Waals surface area (Å²) in [6.07, 6.45) is 5.40. The third-order valence-corrected chi connectivity index (χ3v) is 4.45. The summed E-state index contributed by atoms with van der Waals surface area (Å²) in [6, 6.07) is 6.87. The second-order valence-corrected chi connectivity index (χ2v) is 5.95. The third-order valence-electron chi connectivity index (χ3n) is 4.45. The van der Waals surface area contributed by atoms with Gasteiger partial charge in [-0.05, 0) is 50.8 Å². The minimum Gasteiger partial charge on any atom is -0.509 e. The van der Waals surface area contributed by atoms with E-state index in [1.54, 1.807) is 31.2 Å². The Morgan fingerprint density at radius 2 is 2.09 bits per heavy atom. The van der Waals surface area contributed by atoms with Gasteiger partial charge in [0.25, 0.3) is 0 Å². The van der Waals surface area contributed by atoms with Crippen LogP contribution in [-0.2, 0) is 0 Å². The molecule has 4 heteroatoms. The van der Waals surface area contributed by atoms with Crippen LogP contribution in [0, 0.1) is 5.92 Å². The van der Waals surface area contributed by atoms with Crippen molar-refractivity contribution in [2.45, 2.75) is 45.1 Å². The van der Waals surface area contributed by atoms with Gasteiger partial charge in [0, 0.05) is 5.56 Å². The van der Waals surface area contributed by atoms with E-state index in [4.69, 9.17) is 4.74 Å². The van der Waals surface area contributed by atoms with Gasteiger partial charge in [-0.2, -0.15) is 0 Å². The Labute approximate surface area is 131 Å². The van der Waals surface area contributed by atoms with E-state index in [0.717, 1.165) is 25.7 Å². The highest BCUT2D eigenvalue weighted by Gasteiger charge is 2.42. The molecule has 1 unspecified atom stereocenters. The molecule has 0 bridgehead atoms. The first kappa shape index (κ1) is 16.6. The smallest absolute Gasteiger partial charge is 0.159 e. The summed E-state index contributed by atoms with van der Waals surface area (Å²) >= 11 is 0. The number of ketones is 1. The summed E-state index contributed by atoms with van der Waals surface area (Å²) < 4.78 is 5.69. The monoisotopic (exact) mass is 304 g/mol. The van der Waals surface area contributed by atoms with Crippen LogP contribution in [0.2, 0.25) is 0 Å². The molecular formula is C18H24O4. The number of carbonyl (C=O) groups excluding carboxylic acids is 1. The molecule has 0 aromatic heterocycles. The van der Waals surface area contributed by atoms with Gasteiger partial charge >= 0.3 is 0 Å². The number of hydrogen-bond donors (Lipinski definition) is 2. The highest BCUT2D eigenvalue weighted by molar-refractivity contribution is 5.94. The van der Waals surface area contributed by atoms with E-state index in [9.17, 15) is 15.0 Å². The van der Waals surface area contributed by atoms with Crippen molar-refractivity contribution in [3.05, 3.63) is 41.7 Å². The topological polar surface area (TPSA) is 66.8 Å². The Morgan fingerprint density at radius 3 is 2.68 bits per heavy atom. The molecule has 120 valence electrons. The number of Topliss-reactive ketones (excluding diaryl/α,β-unsaturated/α-hetero) is 1. The van der Waals surface area contributed by atoms with Gasteiger partial charge in [0.05, 0.1) is 0 Å². The number of ether oxygens (including phenoxy) is 1. The van der Waals surface area contributed by atoms with Crippen LogP contribution in [0.5, 0.6) is 5.75 Å². The van der Waals surface area contributed by atoms with Gasteiger partial charge in [-0.1, -0.05) is 25.0 Å². The van der Waals surface area contributed by atoms with Gasteiger partial charge < -0.3 is 14.9 Å². The normalized spacial score (nSPS) is 19.0. The molecule has 1 atom stereocenters. The molecule has 0 spiro atoms. The minimum absolute atomic E-state index is 0.000287. The van der Waals surface area contributed by atoms with Crippen molar-refractivity contribution in [3.63, 3.8) is 0 Å². The highest BCUT2D eigenvalue weighted by atomic mass is 16.5. The van der Waals surface area contributed by atoms with Crippen LogP contribution in [0.3, 0.4) is 0 Å². The van der Waals surface area contributed by atoms with E-state index in [2.05, 4.69) is 0 Å². The Hall–Kier alpha value is -1.81. The lowest BCUT2D eigenvalue weighted by atomic mass is 9.84. The first-order valence-electron chi connectivity index (χ1n) is 7.79. The summed E-state index contributed by atoms with van der Waals surface area (Å²) in [5.41, 5.74) is -0.797. The Morgan fingerprint density at radius 1 is 1.41 bits per heavy atom. The Balaban J connectivity index is 2.14. The number of carbonyl (C=O) groups is 1. The molecule has 2 N–H and O–H groups in total. The van der Waals surface area contributed by atoms with Crippen LogP contribution >= 0.6 is 0 Å². The average Bonchev–Trinajstić information content (AvgIpc) is 3.07. The third kappa shape index (κ3) is 3.50. The van der Waals surface area contributed by atoms with E-state index in [1.165, 1.54) is 13.0 Å². The van der Waals surface area contributed by atoms with Crippen molar-refractivity contribution in [2.24, 2.45) is 5.92 Å². The maximum absolute atomic E-state index is 11.4. The summed E-state index contributed by atoms with van der Waals surface area (Å²) in [5.74, 6) is 0.447. The lowest BCUT2D eigenvalue weighted by molar-refractivity contribution is -0.0498. The first-order chi connectivity index (χ1) is 10.5. The van der Waals surface area contributed by atoms with Crippen molar-refractivity contribution in [3.8, 4) is 5.75 Å². The van der Waals surface area contributed by atoms with E-state index in [-0.39, 0.29) is 24.1 Å². The standard InChI is InChI=1S/C18H24O4/c1-3-17(20)18(21,15-8-4-5-9-15)12-22-16-10-6-7-14(11-16)13(2)19/h3,6-7,10-11,15,20-21H,4-5,8-9,12H2,1-2H3. The molecule has 2 rings (SSSR count). The van der Waals surface area contributed by atoms with Crippen LogP contribution in [0.4, 0.5) is 0 Å². The average molecular weight is 304 g/mol. The predicted octanol–water partition coefficient (Wildman–Crippen LogP) is 3.65. The van der Waals surface area contributed by atoms with Gasteiger partial charge in [0.1, 0.15) is 18.1 Å². The maximum Gasteiger partial charge on any atom is 0.159 e. The second kappa shape index (κ2) is 6.97. The SMILES string of the molecule is CC=C(O)C(O)(COc1cccc(C(C)=O)c1)C1CCCC1. The molecule has 0 amide bonds. The molecule has 0 heterocycles. The maximum atomic E-state index is 11.4. The fourth-order valence-corrected chi connectivity index (χ4v) is 3.05. The molecule has 1 aliphatic carbocycles. The number of hydrogen-bond acceptors (Lipinski definition) is 4. The van der Waals surface area contributed by atoms with E-state index in [0.29, 0.717) is 11.3 Å². The van der Waals surface area contributed by atoms with Crippen LogP contribution in [0.15, 0.2) is 36.1 Å². The minimum atomic E-state index is -1.36. The number of allylic oxidation sites excluding steroid dienone is 1. The Bertz CT molecular complexity index is 558. The molecule has 0 aliphatic heterocycles. The van der Waals surface area contributed by atoms with Crippen LogP contribution in [-0.4, -0.2) is 28.2 Å². The Kier molecular flexibility index (Phi) is 5.24. The van der Waals surface area contributed by atoms with Crippen molar-refractivity contribution in [1.82, 2.24) is 0 Å². The van der Waals surface area contributed by atoms with Gasteiger partial charge in [0.2, 0.25) is 0 Å². The van der Waals surface area contributed by atoms with E-state index >= 15 is 0 Å². The highest BCUT2D eigenvalue weighted by Crippen LogP contribution is 2.38. The van der Waals surface area contributed by atoms with Gasteiger partial charge in [-0.25, -0.2) is 0 Å². The lowest BCUT2D eigenvalue weighted by Gasteiger charge is -2.33. The van der Waals surface area contributed by atoms with Crippen molar-refractivity contribution in [2.75, 3.05) is 6.61 Å². The van der Waals surface area contributed by atoms with Crippen LogP contribution in [0.25, 0.3) is 0 Å². The predicted molar refractivity (Wildman–Crippen MR) is 85.2 cm³/mol. The molecule has 1 aromatic carbocycles. The second-order valence-electron chi connectivity index (χ2n) is 5.95. The molecule has 1 saturated carbocycles. The summed E-state index contributed by atoms with van der Waals surface area (Å²) in [7, 11) is 0. The molecule has 1 aliphatic rings. The van der Waals surface area contributed by atoms with E-state index in [1.807, 2.05) is 0 Å². The number of aliphatic hydroxyl groups excluding tert-OH is 1. The van der Waals surface area contributed by atoms with Gasteiger partial charge in [-0.15, -0.1) is 0 Å². The quantitative estimate of drug-likeness (QED) is 0.622. The molecule has 1 aromatic rings. The number of aliphatic hydroxyl groups is 2. The number of rotatable bonds is 6. The zero-order valence-electron chi connectivity index (χ0n) is 13.2. The number of benzene rings is 1. The summed E-state index contributed by atoms with van der Waals surface area (Å²) in [4.78, 5) is 11.4. The summed E-state index contributed by atoms with van der Waals surface area (Å²) in [6.45, 7) is 3.18. The molecule has 22 heavy (non-hydrogen) atoms. The van der Waals surface area contributed by atoms with Crippen molar-refractivity contribution >= 4 is 5.78 Å². The summed E-state index contributed by atoms with van der Waals surface area (Å²) in [5, 5.41) is 21.0. The van der Waals surface area contributed by atoms with Crippen molar-refractivity contribution < 1.29 is 19.7 Å². The van der Waals surface area contributed by atoms with Gasteiger partial charge in [0.15, 0.2) is 11.4 Å². The fourth-order valence-electron chi connectivity index (χ4n) is 3.05. The zero-order chi connectivity index (χ0) is 16.2. The molecule has 0 saturated heterocycles. The molecule has 4 nitrogen and oxygen atoms in total. The van der Waals surface area contributed by atoms with Crippen LogP contribution in [0.1, 0.15) is 49.9 Å². The van der Waals surface area contributed by atoms with Crippen molar-refractivity contribution in [1.29, 1.82) is 0 Å². The van der Waals surface area contributed by atoms with E-state index < -0.39 is 5.60 Å². The fraction of sp³-hybridized carbons (Fsp3) is 0.500. The molecule has 0 radical (unpaired) electrons. The zero-order valence-corrected chi connectivity index (χ0v) is 13.2. The first-order valence-corrected chi connectivity index (χ1v) is 7.79. The van der Waals surface area contributed by atoms with Crippen LogP contribution < -0.4 is 4.74 Å². The molecule has 1 fully saturated rings.